The van der Waals surface area contributed by atoms with Gasteiger partial charge in [-0.1, -0.05) is 12.8 Å². The maximum absolute atomic E-state index is 9.45. The Morgan fingerprint density at radius 2 is 2.11 bits per heavy atom. The lowest BCUT2D eigenvalue weighted by molar-refractivity contribution is 0.194. The van der Waals surface area contributed by atoms with Crippen molar-refractivity contribution in [3.8, 4) is 0 Å². The summed E-state index contributed by atoms with van der Waals surface area (Å²) >= 11 is 0. The number of aliphatic hydroxyl groups is 2. The predicted octanol–water partition coefficient (Wildman–Crippen LogP) is 1.88. The number of rotatable bonds is 5. The highest BCUT2D eigenvalue weighted by atomic mass is 16.3. The van der Waals surface area contributed by atoms with Crippen LogP contribution in [-0.2, 0) is 0 Å². The lowest BCUT2D eigenvalue weighted by atomic mass is 10.1. The van der Waals surface area contributed by atoms with Crippen LogP contribution < -0.4 is 4.90 Å². The number of pyridine rings is 1. The number of nitrogens with zero attached hydrogens (tertiary/aromatic N) is 2. The monoisotopic (exact) mass is 250 g/mol. The molecule has 4 nitrogen and oxygen atoms in total. The molecule has 1 atom stereocenters. The third-order valence-electron chi connectivity index (χ3n) is 3.64. The summed E-state index contributed by atoms with van der Waals surface area (Å²) in [6.07, 6.45) is 6.20. The van der Waals surface area contributed by atoms with Crippen LogP contribution in [0.1, 0.15) is 44.4 Å². The minimum atomic E-state index is -0.531. The highest BCUT2D eigenvalue weighted by molar-refractivity contribution is 5.46. The van der Waals surface area contributed by atoms with Crippen molar-refractivity contribution < 1.29 is 10.2 Å². The van der Waals surface area contributed by atoms with Crippen LogP contribution in [0.25, 0.3) is 0 Å². The summed E-state index contributed by atoms with van der Waals surface area (Å²) in [5.74, 6) is 0. The van der Waals surface area contributed by atoms with Crippen molar-refractivity contribution >= 4 is 5.69 Å². The molecule has 0 radical (unpaired) electrons. The quantitative estimate of drug-likeness (QED) is 0.837. The molecule has 0 spiro atoms. The first-order valence-corrected chi connectivity index (χ1v) is 6.74. The zero-order valence-electron chi connectivity index (χ0n) is 10.9. The third kappa shape index (κ3) is 3.00. The standard InChI is InChI=1S/C14H22N2O2/c1-11(18)14-7-6-13(10-15-14)16(8-9-17)12-4-2-3-5-12/h6-7,10-12,17-18H,2-5,8-9H2,1H3/t11-/m0/s1. The van der Waals surface area contributed by atoms with Gasteiger partial charge >= 0.3 is 0 Å². The largest absolute Gasteiger partial charge is 0.395 e. The summed E-state index contributed by atoms with van der Waals surface area (Å²) in [4.78, 5) is 6.52. The van der Waals surface area contributed by atoms with E-state index in [-0.39, 0.29) is 6.61 Å². The minimum absolute atomic E-state index is 0.161. The highest BCUT2D eigenvalue weighted by Crippen LogP contribution is 2.28. The van der Waals surface area contributed by atoms with Crippen LogP contribution in [0.5, 0.6) is 0 Å². The lowest BCUT2D eigenvalue weighted by Crippen LogP contribution is -2.35. The van der Waals surface area contributed by atoms with E-state index < -0.39 is 6.10 Å². The molecule has 1 aliphatic rings. The van der Waals surface area contributed by atoms with Gasteiger partial charge in [-0.05, 0) is 31.9 Å². The molecule has 1 aliphatic carbocycles. The first-order valence-electron chi connectivity index (χ1n) is 6.74. The zero-order chi connectivity index (χ0) is 13.0. The van der Waals surface area contributed by atoms with Crippen molar-refractivity contribution in [2.45, 2.75) is 44.8 Å². The van der Waals surface area contributed by atoms with Gasteiger partial charge in [0.2, 0.25) is 0 Å². The molecule has 0 saturated heterocycles. The first kappa shape index (κ1) is 13.3. The average molecular weight is 250 g/mol. The summed E-state index contributed by atoms with van der Waals surface area (Å²) in [7, 11) is 0. The predicted molar refractivity (Wildman–Crippen MR) is 71.6 cm³/mol. The Balaban J connectivity index is 2.14. The molecule has 0 unspecified atom stereocenters. The second-order valence-electron chi connectivity index (χ2n) is 4.97. The Morgan fingerprint density at radius 1 is 1.39 bits per heavy atom. The van der Waals surface area contributed by atoms with Gasteiger partial charge in [-0.25, -0.2) is 0 Å². The lowest BCUT2D eigenvalue weighted by Gasteiger charge is -2.30. The maximum Gasteiger partial charge on any atom is 0.0931 e. The Hall–Kier alpha value is -1.13. The molecule has 100 valence electrons. The van der Waals surface area contributed by atoms with Gasteiger partial charge in [0.25, 0.3) is 0 Å². The van der Waals surface area contributed by atoms with E-state index in [1.807, 2.05) is 12.1 Å². The van der Waals surface area contributed by atoms with Gasteiger partial charge in [0.1, 0.15) is 0 Å². The van der Waals surface area contributed by atoms with E-state index in [0.717, 1.165) is 5.69 Å². The van der Waals surface area contributed by atoms with Crippen molar-refractivity contribution in [1.82, 2.24) is 4.98 Å². The molecule has 0 aliphatic heterocycles. The van der Waals surface area contributed by atoms with Gasteiger partial charge in [0, 0.05) is 12.6 Å². The number of hydrogen-bond acceptors (Lipinski definition) is 4. The number of hydrogen-bond donors (Lipinski definition) is 2. The van der Waals surface area contributed by atoms with Crippen LogP contribution in [-0.4, -0.2) is 34.4 Å². The van der Waals surface area contributed by atoms with Crippen molar-refractivity contribution in [2.24, 2.45) is 0 Å². The third-order valence-corrected chi connectivity index (χ3v) is 3.64. The van der Waals surface area contributed by atoms with Crippen LogP contribution in [0.4, 0.5) is 5.69 Å². The first-order chi connectivity index (χ1) is 8.72. The molecule has 0 bridgehead atoms. The van der Waals surface area contributed by atoms with Crippen molar-refractivity contribution in [1.29, 1.82) is 0 Å². The molecule has 0 amide bonds. The molecule has 1 fully saturated rings. The van der Waals surface area contributed by atoms with E-state index in [4.69, 9.17) is 0 Å². The van der Waals surface area contributed by atoms with Crippen molar-refractivity contribution in [3.05, 3.63) is 24.0 Å². The number of aliphatic hydroxyl groups excluding tert-OH is 2. The Morgan fingerprint density at radius 3 is 2.61 bits per heavy atom. The molecule has 1 saturated carbocycles. The second-order valence-corrected chi connectivity index (χ2v) is 4.97. The molecule has 2 rings (SSSR count). The van der Waals surface area contributed by atoms with Crippen molar-refractivity contribution in [2.75, 3.05) is 18.1 Å². The molecule has 1 aromatic rings. The fourth-order valence-corrected chi connectivity index (χ4v) is 2.66. The Bertz CT molecular complexity index is 359. The van der Waals surface area contributed by atoms with E-state index in [1.54, 1.807) is 13.1 Å². The maximum atomic E-state index is 9.45. The molecule has 18 heavy (non-hydrogen) atoms. The number of aromatic nitrogens is 1. The SMILES string of the molecule is C[C@H](O)c1ccc(N(CCO)C2CCCC2)cn1. The van der Waals surface area contributed by atoms with E-state index in [2.05, 4.69) is 9.88 Å². The second kappa shape index (κ2) is 6.16. The topological polar surface area (TPSA) is 56.6 Å². The molecule has 1 heterocycles. The summed E-state index contributed by atoms with van der Waals surface area (Å²) < 4.78 is 0. The van der Waals surface area contributed by atoms with E-state index in [0.29, 0.717) is 18.3 Å². The van der Waals surface area contributed by atoms with Crippen LogP contribution in [0.2, 0.25) is 0 Å². The fraction of sp³-hybridized carbons (Fsp3) is 0.643. The van der Waals surface area contributed by atoms with Crippen LogP contribution in [0, 0.1) is 0 Å². The molecule has 0 aromatic carbocycles. The van der Waals surface area contributed by atoms with Crippen molar-refractivity contribution in [3.63, 3.8) is 0 Å². The minimum Gasteiger partial charge on any atom is -0.395 e. The average Bonchev–Trinajstić information content (AvgIpc) is 2.90. The van der Waals surface area contributed by atoms with Gasteiger partial charge in [-0.2, -0.15) is 0 Å². The van der Waals surface area contributed by atoms with E-state index in [1.165, 1.54) is 25.7 Å². The molecule has 2 N–H and O–H groups in total. The van der Waals surface area contributed by atoms with Gasteiger partial charge < -0.3 is 15.1 Å². The summed E-state index contributed by atoms with van der Waals surface area (Å²) in [6, 6.07) is 4.37. The Labute approximate surface area is 108 Å². The highest BCUT2D eigenvalue weighted by Gasteiger charge is 2.22. The zero-order valence-corrected chi connectivity index (χ0v) is 10.9. The summed E-state index contributed by atoms with van der Waals surface area (Å²) in [5, 5.41) is 18.7. The summed E-state index contributed by atoms with van der Waals surface area (Å²) in [6.45, 7) is 2.53. The van der Waals surface area contributed by atoms with Gasteiger partial charge in [0.05, 0.1) is 30.3 Å². The van der Waals surface area contributed by atoms with Gasteiger partial charge in [0.15, 0.2) is 0 Å². The van der Waals surface area contributed by atoms with Gasteiger partial charge in [-0.15, -0.1) is 0 Å². The molecular weight excluding hydrogens is 228 g/mol. The van der Waals surface area contributed by atoms with Crippen LogP contribution in [0.15, 0.2) is 18.3 Å². The number of anilines is 1. The normalized spacial score (nSPS) is 17.9. The summed E-state index contributed by atoms with van der Waals surface area (Å²) in [5.41, 5.74) is 1.73. The van der Waals surface area contributed by atoms with E-state index in [9.17, 15) is 10.2 Å². The molecular formula is C14H22N2O2. The smallest absolute Gasteiger partial charge is 0.0931 e. The fourth-order valence-electron chi connectivity index (χ4n) is 2.66. The van der Waals surface area contributed by atoms with Crippen LogP contribution in [0.3, 0.4) is 0 Å². The molecule has 1 aromatic heterocycles. The Kier molecular flexibility index (Phi) is 4.55. The molecule has 4 heteroatoms. The van der Waals surface area contributed by atoms with E-state index >= 15 is 0 Å². The van der Waals surface area contributed by atoms with Gasteiger partial charge in [-0.3, -0.25) is 4.98 Å². The van der Waals surface area contributed by atoms with Crippen LogP contribution >= 0.6 is 0 Å².